The molecule has 1 aliphatic heterocycles. The van der Waals surface area contributed by atoms with Crippen molar-refractivity contribution in [3.05, 3.63) is 126 Å². The van der Waals surface area contributed by atoms with Crippen LogP contribution >= 0.6 is 11.3 Å². The Bertz CT molecular complexity index is 1910. The van der Waals surface area contributed by atoms with E-state index in [1.54, 1.807) is 36.6 Å². The highest BCUT2D eigenvalue weighted by Crippen LogP contribution is 2.36. The lowest BCUT2D eigenvalue weighted by molar-refractivity contribution is -0.139. The largest absolute Gasteiger partial charge is 0.491 e. The number of nitriles is 1. The van der Waals surface area contributed by atoms with Crippen molar-refractivity contribution < 1.29 is 19.0 Å². The molecule has 8 nitrogen and oxygen atoms in total. The van der Waals surface area contributed by atoms with Crippen LogP contribution < -0.4 is 24.4 Å². The number of hydrogen-bond donors (Lipinski definition) is 0. The van der Waals surface area contributed by atoms with E-state index < -0.39 is 12.0 Å². The lowest BCUT2D eigenvalue weighted by atomic mass is 9.95. The molecule has 0 saturated heterocycles. The highest BCUT2D eigenvalue weighted by atomic mass is 32.1. The van der Waals surface area contributed by atoms with E-state index in [0.717, 1.165) is 11.1 Å². The average Bonchev–Trinajstić information content (AvgIpc) is 3.30. The summed E-state index contributed by atoms with van der Waals surface area (Å²) in [5.41, 5.74) is 3.39. The second-order valence-electron chi connectivity index (χ2n) is 10.1. The van der Waals surface area contributed by atoms with Gasteiger partial charge in [-0.2, -0.15) is 5.26 Å². The number of fused-ring (bicyclic) bond motifs is 1. The van der Waals surface area contributed by atoms with E-state index >= 15 is 0 Å². The van der Waals surface area contributed by atoms with Gasteiger partial charge in [0.1, 0.15) is 24.1 Å². The van der Waals surface area contributed by atoms with Gasteiger partial charge in [-0.3, -0.25) is 9.36 Å². The maximum Gasteiger partial charge on any atom is 0.338 e. The quantitative estimate of drug-likeness (QED) is 0.252. The molecule has 3 aromatic carbocycles. The van der Waals surface area contributed by atoms with Crippen molar-refractivity contribution in [3.63, 3.8) is 0 Å². The summed E-state index contributed by atoms with van der Waals surface area (Å²) >= 11 is 1.25. The van der Waals surface area contributed by atoms with Crippen molar-refractivity contribution in [3.8, 4) is 17.6 Å². The van der Waals surface area contributed by atoms with Crippen LogP contribution in [0.2, 0.25) is 0 Å². The number of ether oxygens (including phenoxy) is 3. The Labute approximate surface area is 253 Å². The van der Waals surface area contributed by atoms with Gasteiger partial charge in [-0.15, -0.1) is 0 Å². The summed E-state index contributed by atoms with van der Waals surface area (Å²) in [6, 6.07) is 23.4. The summed E-state index contributed by atoms with van der Waals surface area (Å²) in [5.74, 6) is 0.660. The Hall–Kier alpha value is -4.94. The van der Waals surface area contributed by atoms with Crippen LogP contribution in [-0.4, -0.2) is 23.2 Å². The summed E-state index contributed by atoms with van der Waals surface area (Å²) in [6.07, 6.45) is 1.67. The Morgan fingerprint density at radius 1 is 1.07 bits per heavy atom. The molecule has 0 fully saturated rings. The van der Waals surface area contributed by atoms with Gasteiger partial charge in [0, 0.05) is 11.1 Å². The second kappa shape index (κ2) is 12.9. The molecule has 0 radical (unpaired) electrons. The van der Waals surface area contributed by atoms with Crippen LogP contribution in [0.3, 0.4) is 0 Å². The Kier molecular flexibility index (Phi) is 8.88. The molecular formula is C34H31N3O5S. The molecule has 0 unspecified atom stereocenters. The first-order valence-electron chi connectivity index (χ1n) is 14.0. The molecule has 0 aliphatic carbocycles. The minimum Gasteiger partial charge on any atom is -0.491 e. The monoisotopic (exact) mass is 593 g/mol. The summed E-state index contributed by atoms with van der Waals surface area (Å²) in [4.78, 5) is 32.6. The molecule has 1 aliphatic rings. The number of thiazole rings is 1. The van der Waals surface area contributed by atoms with Crippen LogP contribution in [0.5, 0.6) is 11.5 Å². The number of para-hydroxylation sites is 2. The standard InChI is InChI=1S/C34H31N3O5S/c1-5-40-33(39)30-22(4)36-34-37(31(30)26-11-7-9-13-28(26)42-21(2)3)32(38)29(43-34)18-25-10-6-8-12-27(25)41-20-24-16-14-23(19-35)15-17-24/h6-18,21,31H,5,20H2,1-4H3/b29-18-/t31-/m0/s1. The molecule has 0 saturated carbocycles. The smallest absolute Gasteiger partial charge is 0.338 e. The molecule has 0 N–H and O–H groups in total. The minimum absolute atomic E-state index is 0.117. The van der Waals surface area contributed by atoms with Crippen molar-refractivity contribution >= 4 is 23.4 Å². The average molecular weight is 594 g/mol. The van der Waals surface area contributed by atoms with E-state index in [1.165, 1.54) is 11.3 Å². The first-order chi connectivity index (χ1) is 20.8. The number of rotatable bonds is 9. The van der Waals surface area contributed by atoms with Gasteiger partial charge in [-0.25, -0.2) is 9.79 Å². The number of carbonyl (C=O) groups is 1. The number of aromatic nitrogens is 1. The van der Waals surface area contributed by atoms with Crippen molar-refractivity contribution in [1.29, 1.82) is 5.26 Å². The Balaban J connectivity index is 1.60. The fourth-order valence-corrected chi connectivity index (χ4v) is 5.90. The molecule has 0 amide bonds. The van der Waals surface area contributed by atoms with Gasteiger partial charge >= 0.3 is 5.97 Å². The zero-order valence-electron chi connectivity index (χ0n) is 24.4. The predicted octanol–water partition coefficient (Wildman–Crippen LogP) is 5.04. The van der Waals surface area contributed by atoms with Crippen LogP contribution in [-0.2, 0) is 16.1 Å². The van der Waals surface area contributed by atoms with E-state index in [2.05, 4.69) is 11.1 Å². The van der Waals surface area contributed by atoms with Crippen LogP contribution in [0.1, 0.15) is 56.0 Å². The summed E-state index contributed by atoms with van der Waals surface area (Å²) in [5, 5.41) is 9.06. The number of carbonyl (C=O) groups excluding carboxylic acids is 1. The number of hydrogen-bond acceptors (Lipinski definition) is 8. The molecule has 43 heavy (non-hydrogen) atoms. The normalized spacial score (nSPS) is 14.6. The molecule has 2 heterocycles. The number of benzene rings is 3. The second-order valence-corrected chi connectivity index (χ2v) is 11.2. The zero-order chi connectivity index (χ0) is 30.5. The number of esters is 1. The molecule has 0 bridgehead atoms. The van der Waals surface area contributed by atoms with Crippen molar-refractivity contribution in [2.24, 2.45) is 4.99 Å². The van der Waals surface area contributed by atoms with Gasteiger partial charge in [-0.05, 0) is 63.6 Å². The third-order valence-electron chi connectivity index (χ3n) is 6.78. The first-order valence-corrected chi connectivity index (χ1v) is 14.8. The topological polar surface area (TPSA) is 103 Å². The zero-order valence-corrected chi connectivity index (χ0v) is 25.2. The third kappa shape index (κ3) is 6.30. The van der Waals surface area contributed by atoms with E-state index in [1.807, 2.05) is 74.5 Å². The fourth-order valence-electron chi connectivity index (χ4n) is 4.86. The third-order valence-corrected chi connectivity index (χ3v) is 7.76. The fraction of sp³-hybridized carbons (Fsp3) is 0.235. The molecule has 0 spiro atoms. The maximum atomic E-state index is 14.1. The molecule has 5 rings (SSSR count). The van der Waals surface area contributed by atoms with Crippen molar-refractivity contribution in [1.82, 2.24) is 4.57 Å². The van der Waals surface area contributed by atoms with Gasteiger partial charge in [0.15, 0.2) is 4.80 Å². The van der Waals surface area contributed by atoms with Crippen molar-refractivity contribution in [2.45, 2.75) is 46.4 Å². The molecule has 1 aromatic heterocycles. The van der Waals surface area contributed by atoms with Crippen LogP contribution in [0, 0.1) is 11.3 Å². The number of nitrogens with zero attached hydrogens (tertiary/aromatic N) is 3. The Morgan fingerprint density at radius 2 is 1.77 bits per heavy atom. The lowest BCUT2D eigenvalue weighted by Crippen LogP contribution is -2.40. The van der Waals surface area contributed by atoms with E-state index in [4.69, 9.17) is 19.5 Å². The predicted molar refractivity (Wildman–Crippen MR) is 165 cm³/mol. The SMILES string of the molecule is CCOC(=O)C1=C(C)N=c2s/c(=C\c3ccccc3OCc3ccc(C#N)cc3)c(=O)n2[C@H]1c1ccccc1OC(C)C. The highest BCUT2D eigenvalue weighted by molar-refractivity contribution is 7.07. The molecule has 9 heteroatoms. The summed E-state index contributed by atoms with van der Waals surface area (Å²) in [7, 11) is 0. The summed E-state index contributed by atoms with van der Waals surface area (Å²) < 4.78 is 19.7. The van der Waals surface area contributed by atoms with E-state index in [-0.39, 0.29) is 18.3 Å². The first kappa shape index (κ1) is 29.5. The van der Waals surface area contributed by atoms with Gasteiger partial charge in [0.2, 0.25) is 0 Å². The molecule has 218 valence electrons. The minimum atomic E-state index is -0.782. The van der Waals surface area contributed by atoms with Gasteiger partial charge in [0.25, 0.3) is 5.56 Å². The van der Waals surface area contributed by atoms with Gasteiger partial charge in [0.05, 0.1) is 40.1 Å². The molecular weight excluding hydrogens is 562 g/mol. The van der Waals surface area contributed by atoms with Gasteiger partial charge in [-0.1, -0.05) is 59.9 Å². The molecule has 1 atom stereocenters. The van der Waals surface area contributed by atoms with Crippen LogP contribution in [0.25, 0.3) is 6.08 Å². The van der Waals surface area contributed by atoms with E-state index in [9.17, 15) is 9.59 Å². The van der Waals surface area contributed by atoms with E-state index in [0.29, 0.717) is 49.8 Å². The van der Waals surface area contributed by atoms with Crippen molar-refractivity contribution in [2.75, 3.05) is 6.61 Å². The summed E-state index contributed by atoms with van der Waals surface area (Å²) in [6.45, 7) is 7.85. The molecule has 4 aromatic rings. The lowest BCUT2D eigenvalue weighted by Gasteiger charge is -2.26. The van der Waals surface area contributed by atoms with Gasteiger partial charge < -0.3 is 14.2 Å². The number of allylic oxidation sites excluding steroid dienone is 1. The van der Waals surface area contributed by atoms with Crippen LogP contribution in [0.15, 0.2) is 93.9 Å². The van der Waals surface area contributed by atoms with Crippen LogP contribution in [0.4, 0.5) is 0 Å². The Morgan fingerprint density at radius 3 is 2.47 bits per heavy atom. The highest BCUT2D eigenvalue weighted by Gasteiger charge is 2.35. The maximum absolute atomic E-state index is 14.1.